The number of nitriles is 1. The molecule has 5 heteroatoms. The molecule has 0 heterocycles. The minimum atomic E-state index is -0.775. The van der Waals surface area contributed by atoms with E-state index in [0.717, 1.165) is 0 Å². The Kier molecular flexibility index (Phi) is 3.13. The predicted octanol–water partition coefficient (Wildman–Crippen LogP) is 1.06. The summed E-state index contributed by atoms with van der Waals surface area (Å²) in [7, 11) is 2.52. The van der Waals surface area contributed by atoms with Crippen molar-refractivity contribution in [1.29, 1.82) is 5.26 Å². The van der Waals surface area contributed by atoms with Gasteiger partial charge in [0.1, 0.15) is 11.6 Å². The topological polar surface area (TPSA) is 79.6 Å². The number of benzene rings is 1. The van der Waals surface area contributed by atoms with Gasteiger partial charge in [-0.3, -0.25) is 0 Å². The summed E-state index contributed by atoms with van der Waals surface area (Å²) in [6.07, 6.45) is 0. The minimum absolute atomic E-state index is 0.0418. The molecule has 78 valence electrons. The Morgan fingerprint density at radius 1 is 1.47 bits per heavy atom. The highest BCUT2D eigenvalue weighted by Crippen LogP contribution is 2.32. The average Bonchev–Trinajstić information content (AvgIpc) is 2.27. The third kappa shape index (κ3) is 1.83. The molecule has 0 fully saturated rings. The van der Waals surface area contributed by atoms with Gasteiger partial charge in [-0.1, -0.05) is 0 Å². The molecule has 0 bridgehead atoms. The molecule has 0 aliphatic rings. The predicted molar refractivity (Wildman–Crippen MR) is 50.7 cm³/mol. The molecule has 1 rings (SSSR count). The maximum atomic E-state index is 11.3. The van der Waals surface area contributed by atoms with E-state index in [9.17, 15) is 9.90 Å². The summed E-state index contributed by atoms with van der Waals surface area (Å²) in [6, 6.07) is 4.57. The lowest BCUT2D eigenvalue weighted by Gasteiger charge is -2.08. The molecule has 0 saturated heterocycles. The Morgan fingerprint density at radius 3 is 2.60 bits per heavy atom. The Labute approximate surface area is 86.5 Å². The van der Waals surface area contributed by atoms with Crippen LogP contribution in [0.1, 0.15) is 15.9 Å². The number of hydrogen-bond donors (Lipinski definition) is 1. The number of rotatable bonds is 2. The number of methoxy groups -OCH3 is 2. The number of aromatic hydroxyl groups is 1. The van der Waals surface area contributed by atoms with Crippen molar-refractivity contribution in [3.8, 4) is 17.6 Å². The summed E-state index contributed by atoms with van der Waals surface area (Å²) < 4.78 is 9.27. The number of phenolic OH excluding ortho intramolecular Hbond substituents is 1. The summed E-state index contributed by atoms with van der Waals surface area (Å²) in [5.41, 5.74) is -0.139. The number of hydrogen-bond acceptors (Lipinski definition) is 5. The van der Waals surface area contributed by atoms with Crippen LogP contribution in [0.2, 0.25) is 0 Å². The first-order valence-electron chi connectivity index (χ1n) is 4.04. The van der Waals surface area contributed by atoms with Gasteiger partial charge in [0.15, 0.2) is 11.5 Å². The van der Waals surface area contributed by atoms with E-state index in [2.05, 4.69) is 4.74 Å². The third-order valence-corrected chi connectivity index (χ3v) is 1.87. The Morgan fingerprint density at radius 2 is 2.13 bits per heavy atom. The number of ether oxygens (including phenoxy) is 2. The van der Waals surface area contributed by atoms with E-state index in [4.69, 9.17) is 10.00 Å². The molecule has 0 atom stereocenters. The van der Waals surface area contributed by atoms with Crippen molar-refractivity contribution in [2.75, 3.05) is 14.2 Å². The molecule has 0 spiro atoms. The molecule has 1 aromatic carbocycles. The van der Waals surface area contributed by atoms with Crippen LogP contribution in [0.3, 0.4) is 0 Å². The monoisotopic (exact) mass is 207 g/mol. The highest BCUT2D eigenvalue weighted by atomic mass is 16.5. The van der Waals surface area contributed by atoms with Crippen molar-refractivity contribution in [1.82, 2.24) is 0 Å². The molecule has 0 saturated carbocycles. The fourth-order valence-electron chi connectivity index (χ4n) is 1.14. The normalized spacial score (nSPS) is 9.13. The summed E-state index contributed by atoms with van der Waals surface area (Å²) in [5, 5.41) is 18.4. The quantitative estimate of drug-likeness (QED) is 0.733. The van der Waals surface area contributed by atoms with E-state index in [0.29, 0.717) is 0 Å². The van der Waals surface area contributed by atoms with E-state index < -0.39 is 5.97 Å². The van der Waals surface area contributed by atoms with Gasteiger partial charge < -0.3 is 14.6 Å². The van der Waals surface area contributed by atoms with Crippen LogP contribution in [0.15, 0.2) is 12.1 Å². The molecule has 5 nitrogen and oxygen atoms in total. The van der Waals surface area contributed by atoms with Gasteiger partial charge in [0.05, 0.1) is 19.8 Å². The lowest BCUT2D eigenvalue weighted by Crippen LogP contribution is -2.05. The molecule has 1 N–H and O–H groups in total. The van der Waals surface area contributed by atoms with Gasteiger partial charge in [-0.15, -0.1) is 0 Å². The van der Waals surface area contributed by atoms with E-state index in [1.165, 1.54) is 26.4 Å². The average molecular weight is 207 g/mol. The van der Waals surface area contributed by atoms with Gasteiger partial charge in [-0.2, -0.15) is 5.26 Å². The smallest absolute Gasteiger partial charge is 0.343 e. The van der Waals surface area contributed by atoms with Crippen LogP contribution >= 0.6 is 0 Å². The van der Waals surface area contributed by atoms with Crippen molar-refractivity contribution < 1.29 is 19.4 Å². The Balaban J connectivity index is 3.44. The van der Waals surface area contributed by atoms with Crippen LogP contribution in [-0.4, -0.2) is 25.3 Å². The first-order valence-corrected chi connectivity index (χ1v) is 4.04. The van der Waals surface area contributed by atoms with Crippen LogP contribution in [0.5, 0.6) is 11.5 Å². The van der Waals surface area contributed by atoms with Gasteiger partial charge in [-0.05, 0) is 12.1 Å². The van der Waals surface area contributed by atoms with Crippen LogP contribution in [0.4, 0.5) is 0 Å². The standard InChI is InChI=1S/C10H9NO4/c1-14-7-4-3-6(5-11)8(9(7)12)10(13)15-2/h3-4,12H,1-2H3. The van der Waals surface area contributed by atoms with Crippen molar-refractivity contribution in [2.45, 2.75) is 0 Å². The molecular formula is C10H9NO4. The zero-order valence-corrected chi connectivity index (χ0v) is 8.27. The molecule has 0 unspecified atom stereocenters. The lowest BCUT2D eigenvalue weighted by molar-refractivity contribution is 0.0596. The zero-order chi connectivity index (χ0) is 11.4. The van der Waals surface area contributed by atoms with Crippen LogP contribution in [-0.2, 0) is 4.74 Å². The molecule has 0 aliphatic heterocycles. The number of carbonyl (C=O) groups excluding carboxylic acids is 1. The fourth-order valence-corrected chi connectivity index (χ4v) is 1.14. The van der Waals surface area contributed by atoms with Crippen molar-refractivity contribution >= 4 is 5.97 Å². The third-order valence-electron chi connectivity index (χ3n) is 1.87. The summed E-state index contributed by atoms with van der Waals surface area (Å²) in [4.78, 5) is 11.3. The number of esters is 1. The van der Waals surface area contributed by atoms with Crippen molar-refractivity contribution in [2.24, 2.45) is 0 Å². The molecule has 15 heavy (non-hydrogen) atoms. The van der Waals surface area contributed by atoms with Gasteiger partial charge in [-0.25, -0.2) is 4.79 Å². The summed E-state index contributed by atoms with van der Waals surface area (Å²) >= 11 is 0. The second-order valence-corrected chi connectivity index (χ2v) is 2.64. The van der Waals surface area contributed by atoms with Gasteiger partial charge >= 0.3 is 5.97 Å². The molecule has 0 aromatic heterocycles. The number of nitrogens with zero attached hydrogens (tertiary/aromatic N) is 1. The fraction of sp³-hybridized carbons (Fsp3) is 0.200. The summed E-state index contributed by atoms with van der Waals surface area (Å²) in [6.45, 7) is 0. The largest absolute Gasteiger partial charge is 0.504 e. The zero-order valence-electron chi connectivity index (χ0n) is 8.27. The van der Waals surface area contributed by atoms with E-state index in [-0.39, 0.29) is 22.6 Å². The molecule has 0 aliphatic carbocycles. The van der Waals surface area contributed by atoms with Gasteiger partial charge in [0.2, 0.25) is 0 Å². The molecule has 0 radical (unpaired) electrons. The van der Waals surface area contributed by atoms with Crippen LogP contribution in [0, 0.1) is 11.3 Å². The van der Waals surface area contributed by atoms with Crippen molar-refractivity contribution in [3.63, 3.8) is 0 Å². The molecule has 1 aromatic rings. The first-order chi connectivity index (χ1) is 7.15. The number of phenols is 1. The second-order valence-electron chi connectivity index (χ2n) is 2.64. The Bertz CT molecular complexity index is 434. The SMILES string of the molecule is COC(=O)c1c(C#N)ccc(OC)c1O. The van der Waals surface area contributed by atoms with Crippen LogP contribution in [0.25, 0.3) is 0 Å². The van der Waals surface area contributed by atoms with Crippen molar-refractivity contribution in [3.05, 3.63) is 23.3 Å². The lowest BCUT2D eigenvalue weighted by atomic mass is 10.1. The molecule has 0 amide bonds. The Hall–Kier alpha value is -2.22. The minimum Gasteiger partial charge on any atom is -0.504 e. The maximum absolute atomic E-state index is 11.3. The van der Waals surface area contributed by atoms with Gasteiger partial charge in [0, 0.05) is 0 Å². The maximum Gasteiger partial charge on any atom is 0.343 e. The first kappa shape index (κ1) is 10.9. The highest BCUT2D eigenvalue weighted by Gasteiger charge is 2.20. The highest BCUT2D eigenvalue weighted by molar-refractivity contribution is 5.96. The van der Waals surface area contributed by atoms with Gasteiger partial charge in [0.25, 0.3) is 0 Å². The van der Waals surface area contributed by atoms with E-state index in [1.54, 1.807) is 6.07 Å². The number of carbonyl (C=O) groups is 1. The second kappa shape index (κ2) is 4.33. The van der Waals surface area contributed by atoms with Crippen LogP contribution < -0.4 is 4.74 Å². The summed E-state index contributed by atoms with van der Waals surface area (Å²) in [5.74, 6) is -1.04. The van der Waals surface area contributed by atoms with E-state index in [1.807, 2.05) is 0 Å². The molecular weight excluding hydrogens is 198 g/mol. The van der Waals surface area contributed by atoms with E-state index >= 15 is 0 Å².